The summed E-state index contributed by atoms with van der Waals surface area (Å²) >= 11 is 1.36. The number of nitrogens with zero attached hydrogens (tertiary/aromatic N) is 4. The van der Waals surface area contributed by atoms with Crippen molar-refractivity contribution < 1.29 is 17.9 Å². The third-order valence-corrected chi connectivity index (χ3v) is 9.35. The maximum absolute atomic E-state index is 13.8. The lowest BCUT2D eigenvalue weighted by atomic mass is 10.2. The number of rotatable bonds is 10. The quantitative estimate of drug-likeness (QED) is 0.129. The number of aromatic nitrogens is 1. The van der Waals surface area contributed by atoms with Crippen molar-refractivity contribution in [3.8, 4) is 5.75 Å². The lowest BCUT2D eigenvalue weighted by Gasteiger charge is -2.23. The van der Waals surface area contributed by atoms with E-state index in [9.17, 15) is 13.2 Å². The van der Waals surface area contributed by atoms with Gasteiger partial charge in [0.1, 0.15) is 5.75 Å². The molecule has 0 saturated carbocycles. The zero-order valence-corrected chi connectivity index (χ0v) is 25.1. The van der Waals surface area contributed by atoms with E-state index in [2.05, 4.69) is 10.1 Å². The van der Waals surface area contributed by atoms with Crippen LogP contribution in [0.5, 0.6) is 5.75 Å². The molecule has 0 atom stereocenters. The molecule has 0 bridgehead atoms. The maximum atomic E-state index is 13.8. The summed E-state index contributed by atoms with van der Waals surface area (Å²) in [5.74, 6) is 0.306. The second kappa shape index (κ2) is 12.5. The van der Waals surface area contributed by atoms with Gasteiger partial charge in [0.15, 0.2) is 0 Å². The normalized spacial score (nSPS) is 11.6. The van der Waals surface area contributed by atoms with Gasteiger partial charge in [-0.3, -0.25) is 9.10 Å². The van der Waals surface area contributed by atoms with Gasteiger partial charge in [-0.25, -0.2) is 13.4 Å². The minimum absolute atomic E-state index is 0.0876. The highest BCUT2D eigenvalue weighted by molar-refractivity contribution is 7.92. The van der Waals surface area contributed by atoms with Crippen molar-refractivity contribution in [1.82, 2.24) is 4.98 Å². The summed E-state index contributed by atoms with van der Waals surface area (Å²) in [6.45, 7) is 6.53. The van der Waals surface area contributed by atoms with E-state index in [0.717, 1.165) is 27.1 Å². The van der Waals surface area contributed by atoms with Crippen molar-refractivity contribution in [2.24, 2.45) is 5.10 Å². The molecule has 42 heavy (non-hydrogen) atoms. The Kier molecular flexibility index (Phi) is 8.65. The standard InChI is InChI=1S/C32H30N4O4S2/c1-4-35(26-9-7-6-8-10-26)42(38,39)28-18-14-25(15-19-28)31(37)36(32-34-29-20-11-23(3)21-30(29)41-32)33-22-24-12-16-27(17-13-24)40-5-2/h6-22H,4-5H2,1-3H3/b33-22+. The minimum Gasteiger partial charge on any atom is -0.494 e. The molecule has 0 spiro atoms. The van der Waals surface area contributed by atoms with Gasteiger partial charge >= 0.3 is 0 Å². The lowest BCUT2D eigenvalue weighted by molar-refractivity contribution is 0.0987. The van der Waals surface area contributed by atoms with Gasteiger partial charge in [-0.05, 0) is 105 Å². The Hall–Kier alpha value is -4.54. The van der Waals surface area contributed by atoms with Crippen LogP contribution >= 0.6 is 11.3 Å². The van der Waals surface area contributed by atoms with Crippen molar-refractivity contribution in [1.29, 1.82) is 0 Å². The molecule has 10 heteroatoms. The Morgan fingerprint density at radius 1 is 0.952 bits per heavy atom. The van der Waals surface area contributed by atoms with Crippen LogP contribution in [0, 0.1) is 6.92 Å². The zero-order chi connectivity index (χ0) is 29.7. The van der Waals surface area contributed by atoms with Crippen LogP contribution in [0.25, 0.3) is 10.2 Å². The van der Waals surface area contributed by atoms with Crippen molar-refractivity contribution in [3.63, 3.8) is 0 Å². The number of thiazole rings is 1. The van der Waals surface area contributed by atoms with E-state index in [1.54, 1.807) is 37.4 Å². The smallest absolute Gasteiger partial charge is 0.280 e. The molecule has 0 N–H and O–H groups in total. The van der Waals surface area contributed by atoms with E-state index in [1.165, 1.54) is 44.9 Å². The van der Waals surface area contributed by atoms with Gasteiger partial charge in [0.05, 0.1) is 33.6 Å². The first-order chi connectivity index (χ1) is 20.3. The Bertz CT molecular complexity index is 1820. The number of hydrogen-bond acceptors (Lipinski definition) is 7. The maximum Gasteiger partial charge on any atom is 0.280 e. The summed E-state index contributed by atoms with van der Waals surface area (Å²) in [4.78, 5) is 18.6. The Labute approximate surface area is 249 Å². The molecule has 4 aromatic carbocycles. The molecule has 5 aromatic rings. The number of carbonyl (C=O) groups excluding carboxylic acids is 1. The Balaban J connectivity index is 1.47. The van der Waals surface area contributed by atoms with Crippen LogP contribution < -0.4 is 14.1 Å². The van der Waals surface area contributed by atoms with E-state index in [-0.39, 0.29) is 17.0 Å². The first-order valence-electron chi connectivity index (χ1n) is 13.5. The molecule has 1 heterocycles. The number of hydrogen-bond donors (Lipinski definition) is 0. The van der Waals surface area contributed by atoms with Crippen molar-refractivity contribution in [2.75, 3.05) is 22.5 Å². The summed E-state index contributed by atoms with van der Waals surface area (Å²) in [5.41, 5.74) is 3.46. The third-order valence-electron chi connectivity index (χ3n) is 6.44. The van der Waals surface area contributed by atoms with Crippen molar-refractivity contribution >= 4 is 54.5 Å². The fourth-order valence-corrected chi connectivity index (χ4v) is 6.84. The van der Waals surface area contributed by atoms with Crippen LogP contribution in [0.4, 0.5) is 10.8 Å². The van der Waals surface area contributed by atoms with Gasteiger partial charge in [-0.15, -0.1) is 0 Å². The van der Waals surface area contributed by atoms with Gasteiger partial charge in [-0.2, -0.15) is 10.1 Å². The van der Waals surface area contributed by atoms with Crippen LogP contribution in [0.3, 0.4) is 0 Å². The number of ether oxygens (including phenoxy) is 1. The zero-order valence-electron chi connectivity index (χ0n) is 23.5. The molecule has 0 aliphatic rings. The predicted molar refractivity (Wildman–Crippen MR) is 169 cm³/mol. The van der Waals surface area contributed by atoms with Gasteiger partial charge in [0.2, 0.25) is 5.13 Å². The minimum atomic E-state index is -3.84. The number of benzene rings is 4. The molecule has 8 nitrogen and oxygen atoms in total. The van der Waals surface area contributed by atoms with Gasteiger partial charge in [-0.1, -0.05) is 35.6 Å². The second-order valence-corrected chi connectivity index (χ2v) is 12.2. The van der Waals surface area contributed by atoms with E-state index in [4.69, 9.17) is 4.74 Å². The van der Waals surface area contributed by atoms with Crippen LogP contribution in [-0.2, 0) is 10.0 Å². The topological polar surface area (TPSA) is 92.2 Å². The van der Waals surface area contributed by atoms with Crippen LogP contribution in [0.1, 0.15) is 35.3 Å². The summed E-state index contributed by atoms with van der Waals surface area (Å²) in [7, 11) is -3.84. The summed E-state index contributed by atoms with van der Waals surface area (Å²) in [6.07, 6.45) is 1.59. The first kappa shape index (κ1) is 29.0. The molecule has 1 aromatic heterocycles. The summed E-state index contributed by atoms with van der Waals surface area (Å²) in [6, 6.07) is 28.1. The van der Waals surface area contributed by atoms with E-state index in [0.29, 0.717) is 17.4 Å². The van der Waals surface area contributed by atoms with Crippen LogP contribution in [0.2, 0.25) is 0 Å². The molecule has 5 rings (SSSR count). The highest BCUT2D eigenvalue weighted by Crippen LogP contribution is 2.31. The predicted octanol–water partition coefficient (Wildman–Crippen LogP) is 6.90. The van der Waals surface area contributed by atoms with Crippen LogP contribution in [-0.4, -0.2) is 38.7 Å². The fourth-order valence-electron chi connectivity index (χ4n) is 4.34. The highest BCUT2D eigenvalue weighted by atomic mass is 32.2. The van der Waals surface area contributed by atoms with Gasteiger partial charge in [0, 0.05) is 12.1 Å². The van der Waals surface area contributed by atoms with Gasteiger partial charge in [0.25, 0.3) is 15.9 Å². The molecular formula is C32H30N4O4S2. The molecule has 0 saturated heterocycles. The highest BCUT2D eigenvalue weighted by Gasteiger charge is 2.25. The van der Waals surface area contributed by atoms with Crippen LogP contribution in [0.15, 0.2) is 107 Å². The Morgan fingerprint density at radius 3 is 2.33 bits per heavy atom. The molecule has 0 fully saturated rings. The van der Waals surface area contributed by atoms with Crippen molar-refractivity contribution in [3.05, 3.63) is 114 Å². The molecular weight excluding hydrogens is 569 g/mol. The number of carbonyl (C=O) groups is 1. The van der Waals surface area contributed by atoms with E-state index in [1.807, 2.05) is 62.4 Å². The Morgan fingerprint density at radius 2 is 1.67 bits per heavy atom. The molecule has 0 radical (unpaired) electrons. The fraction of sp³-hybridized carbons (Fsp3) is 0.156. The monoisotopic (exact) mass is 598 g/mol. The number of anilines is 2. The molecule has 214 valence electrons. The number of fused-ring (bicyclic) bond motifs is 1. The average Bonchev–Trinajstić information content (AvgIpc) is 3.42. The van der Waals surface area contributed by atoms with E-state index < -0.39 is 15.9 Å². The number of hydrazone groups is 1. The summed E-state index contributed by atoms with van der Waals surface area (Å²) < 4.78 is 34.7. The number of aryl methyl sites for hydroxylation is 1. The first-order valence-corrected chi connectivity index (χ1v) is 15.7. The molecule has 0 unspecified atom stereocenters. The SMILES string of the molecule is CCOc1ccc(/C=N/N(C(=O)c2ccc(S(=O)(=O)N(CC)c3ccccc3)cc2)c2nc3ccc(C)cc3s2)cc1. The third kappa shape index (κ3) is 6.19. The molecule has 1 amide bonds. The molecule has 0 aliphatic carbocycles. The molecule has 0 aliphatic heterocycles. The largest absolute Gasteiger partial charge is 0.494 e. The average molecular weight is 599 g/mol. The lowest BCUT2D eigenvalue weighted by Crippen LogP contribution is -2.31. The second-order valence-electron chi connectivity index (χ2n) is 9.36. The van der Waals surface area contributed by atoms with Crippen molar-refractivity contribution in [2.45, 2.75) is 25.7 Å². The van der Waals surface area contributed by atoms with Gasteiger partial charge < -0.3 is 4.74 Å². The number of para-hydroxylation sites is 1. The number of amides is 1. The number of sulfonamides is 1. The van der Waals surface area contributed by atoms with E-state index >= 15 is 0 Å². The summed E-state index contributed by atoms with van der Waals surface area (Å²) in [5, 5.41) is 6.18.